The molecule has 3 aromatic carbocycles. The number of hydrogen-bond donors (Lipinski definition) is 1. The van der Waals surface area contributed by atoms with Crippen LogP contribution in [0.2, 0.25) is 0 Å². The Hall–Kier alpha value is -3.20. The summed E-state index contributed by atoms with van der Waals surface area (Å²) in [5.74, 6) is 1.66. The van der Waals surface area contributed by atoms with Crippen molar-refractivity contribution in [3.05, 3.63) is 99.6 Å². The molecule has 4 rings (SSSR count). The van der Waals surface area contributed by atoms with Crippen LogP contribution in [0.1, 0.15) is 21.5 Å². The Kier molecular flexibility index (Phi) is 7.95. The van der Waals surface area contributed by atoms with Gasteiger partial charge in [0.1, 0.15) is 5.75 Å². The molecule has 8 heteroatoms. The molecular formula is C26H27N3O4S. The zero-order chi connectivity index (χ0) is 23.9. The lowest BCUT2D eigenvalue weighted by molar-refractivity contribution is -0.384. The average molecular weight is 478 g/mol. The van der Waals surface area contributed by atoms with Crippen molar-refractivity contribution in [1.29, 1.82) is 0 Å². The number of non-ortho nitro benzene ring substituents is 1. The number of rotatable bonds is 9. The summed E-state index contributed by atoms with van der Waals surface area (Å²) in [4.78, 5) is 27.3. The van der Waals surface area contributed by atoms with Crippen LogP contribution < -0.4 is 10.1 Å². The molecule has 3 aromatic rings. The van der Waals surface area contributed by atoms with Crippen LogP contribution in [0.3, 0.4) is 0 Å². The molecule has 1 fully saturated rings. The quantitative estimate of drug-likeness (QED) is 0.209. The van der Waals surface area contributed by atoms with Gasteiger partial charge in [0.2, 0.25) is 0 Å². The number of hydrogen-bond acceptors (Lipinski definition) is 7. The summed E-state index contributed by atoms with van der Waals surface area (Å²) in [5.41, 5.74) is 2.91. The number of thioether (sulfide) groups is 1. The van der Waals surface area contributed by atoms with Crippen molar-refractivity contribution in [2.24, 2.45) is 0 Å². The van der Waals surface area contributed by atoms with Gasteiger partial charge in [-0.1, -0.05) is 42.5 Å². The van der Waals surface area contributed by atoms with E-state index in [9.17, 15) is 14.9 Å². The highest BCUT2D eigenvalue weighted by atomic mass is 32.2. The lowest BCUT2D eigenvalue weighted by atomic mass is 10.0. The Morgan fingerprint density at radius 2 is 1.79 bits per heavy atom. The fourth-order valence-electron chi connectivity index (χ4n) is 4.01. The van der Waals surface area contributed by atoms with Gasteiger partial charge in [0.25, 0.3) is 5.69 Å². The predicted octanol–water partition coefficient (Wildman–Crippen LogP) is 4.55. The van der Waals surface area contributed by atoms with Gasteiger partial charge in [0.15, 0.2) is 5.78 Å². The highest BCUT2D eigenvalue weighted by Gasteiger charge is 2.30. The van der Waals surface area contributed by atoms with Crippen LogP contribution in [0, 0.1) is 10.1 Å². The summed E-state index contributed by atoms with van der Waals surface area (Å²) >= 11 is 1.65. The largest absolute Gasteiger partial charge is 0.497 e. The maximum absolute atomic E-state index is 13.7. The number of ketones is 1. The van der Waals surface area contributed by atoms with Crippen molar-refractivity contribution in [3.63, 3.8) is 0 Å². The molecule has 34 heavy (non-hydrogen) atoms. The van der Waals surface area contributed by atoms with E-state index >= 15 is 0 Å². The Morgan fingerprint density at radius 1 is 1.09 bits per heavy atom. The molecule has 0 bridgehead atoms. The topological polar surface area (TPSA) is 84.7 Å². The fraction of sp³-hybridized carbons (Fsp3) is 0.269. The number of Topliss-reactive ketones (excluding diaryl/α,β-unsaturated/α-hetero) is 1. The second-order valence-electron chi connectivity index (χ2n) is 8.11. The standard InChI is InChI=1S/C26H27N3O4S/c1-33-22-12-8-20(9-13-22)18-34-25-5-3-2-4-23(25)26(30)24-16-27-14-15-28(24)17-19-6-10-21(11-7-19)29(31)32/h2-13,24,27H,14-18H2,1H3. The van der Waals surface area contributed by atoms with E-state index in [-0.39, 0.29) is 17.5 Å². The van der Waals surface area contributed by atoms with E-state index in [2.05, 4.69) is 10.2 Å². The van der Waals surface area contributed by atoms with Crippen molar-refractivity contribution in [3.8, 4) is 5.75 Å². The van der Waals surface area contributed by atoms with Gasteiger partial charge in [-0.15, -0.1) is 11.8 Å². The number of piperazine rings is 1. The van der Waals surface area contributed by atoms with Gasteiger partial charge in [-0.25, -0.2) is 0 Å². The van der Waals surface area contributed by atoms with Gasteiger partial charge in [0.05, 0.1) is 18.1 Å². The first-order chi connectivity index (χ1) is 16.5. The van der Waals surface area contributed by atoms with Crippen molar-refractivity contribution >= 4 is 23.2 Å². The molecule has 1 saturated heterocycles. The molecule has 1 heterocycles. The number of ether oxygens (including phenoxy) is 1. The van der Waals surface area contributed by atoms with E-state index in [1.807, 2.05) is 48.5 Å². The van der Waals surface area contributed by atoms with Gasteiger partial charge in [0, 0.05) is 54.5 Å². The van der Waals surface area contributed by atoms with Crippen molar-refractivity contribution in [2.45, 2.75) is 23.2 Å². The van der Waals surface area contributed by atoms with Crippen LogP contribution >= 0.6 is 11.8 Å². The predicted molar refractivity (Wildman–Crippen MR) is 133 cm³/mol. The normalized spacial score (nSPS) is 16.2. The Bertz CT molecular complexity index is 1140. The number of methoxy groups -OCH3 is 1. The number of nitro benzene ring substituents is 1. The minimum Gasteiger partial charge on any atom is -0.497 e. The first-order valence-corrected chi connectivity index (χ1v) is 12.1. The monoisotopic (exact) mass is 477 g/mol. The molecule has 0 amide bonds. The summed E-state index contributed by atoms with van der Waals surface area (Å²) in [5, 5.41) is 14.3. The Labute approximate surface area is 203 Å². The number of nitrogens with zero attached hydrogens (tertiary/aromatic N) is 2. The molecule has 0 aliphatic carbocycles. The zero-order valence-corrected chi connectivity index (χ0v) is 19.8. The van der Waals surface area contributed by atoms with Crippen LogP contribution in [0.4, 0.5) is 5.69 Å². The number of nitrogens with one attached hydrogen (secondary N) is 1. The highest BCUT2D eigenvalue weighted by Crippen LogP contribution is 2.29. The summed E-state index contributed by atoms with van der Waals surface area (Å²) in [6, 6.07) is 22.0. The van der Waals surface area contributed by atoms with Crippen LogP contribution in [-0.4, -0.2) is 48.4 Å². The summed E-state index contributed by atoms with van der Waals surface area (Å²) < 4.78 is 5.23. The second kappa shape index (κ2) is 11.3. The highest BCUT2D eigenvalue weighted by molar-refractivity contribution is 7.98. The number of carbonyl (C=O) groups is 1. The van der Waals surface area contributed by atoms with E-state index in [4.69, 9.17) is 4.74 Å². The molecule has 1 unspecified atom stereocenters. The third-order valence-corrected chi connectivity index (χ3v) is 7.04. The minimum absolute atomic E-state index is 0.0690. The van der Waals surface area contributed by atoms with Crippen molar-refractivity contribution in [1.82, 2.24) is 10.2 Å². The molecule has 0 radical (unpaired) electrons. The Morgan fingerprint density at radius 3 is 2.50 bits per heavy atom. The average Bonchev–Trinajstić information content (AvgIpc) is 2.88. The maximum Gasteiger partial charge on any atom is 0.269 e. The number of benzene rings is 3. The van der Waals surface area contributed by atoms with Gasteiger partial charge in [-0.3, -0.25) is 19.8 Å². The molecule has 1 aliphatic heterocycles. The van der Waals surface area contributed by atoms with E-state index in [0.717, 1.165) is 46.2 Å². The third-order valence-electron chi connectivity index (χ3n) is 5.90. The van der Waals surface area contributed by atoms with Crippen LogP contribution in [0.15, 0.2) is 77.7 Å². The van der Waals surface area contributed by atoms with Crippen molar-refractivity contribution in [2.75, 3.05) is 26.7 Å². The lowest BCUT2D eigenvalue weighted by Crippen LogP contribution is -2.54. The molecule has 176 valence electrons. The smallest absolute Gasteiger partial charge is 0.269 e. The van der Waals surface area contributed by atoms with E-state index in [0.29, 0.717) is 13.1 Å². The van der Waals surface area contributed by atoms with Gasteiger partial charge >= 0.3 is 0 Å². The molecule has 1 atom stereocenters. The molecule has 7 nitrogen and oxygen atoms in total. The van der Waals surface area contributed by atoms with Crippen LogP contribution in [0.5, 0.6) is 5.75 Å². The minimum atomic E-state index is -0.401. The van der Waals surface area contributed by atoms with Gasteiger partial charge in [-0.2, -0.15) is 0 Å². The first kappa shape index (κ1) is 23.9. The second-order valence-corrected chi connectivity index (χ2v) is 9.13. The van der Waals surface area contributed by atoms with Crippen LogP contribution in [0.25, 0.3) is 0 Å². The van der Waals surface area contributed by atoms with Crippen molar-refractivity contribution < 1.29 is 14.5 Å². The summed E-state index contributed by atoms with van der Waals surface area (Å²) in [7, 11) is 1.65. The zero-order valence-electron chi connectivity index (χ0n) is 19.0. The summed E-state index contributed by atoms with van der Waals surface area (Å²) in [6.07, 6.45) is 0. The van der Waals surface area contributed by atoms with Crippen LogP contribution in [-0.2, 0) is 12.3 Å². The summed E-state index contributed by atoms with van der Waals surface area (Å²) in [6.45, 7) is 2.67. The lowest BCUT2D eigenvalue weighted by Gasteiger charge is -2.35. The van der Waals surface area contributed by atoms with E-state index < -0.39 is 4.92 Å². The van der Waals surface area contributed by atoms with E-state index in [1.165, 1.54) is 12.1 Å². The van der Waals surface area contributed by atoms with Gasteiger partial charge in [-0.05, 0) is 29.3 Å². The third kappa shape index (κ3) is 5.83. The maximum atomic E-state index is 13.7. The van der Waals surface area contributed by atoms with E-state index in [1.54, 1.807) is 31.0 Å². The molecule has 0 aromatic heterocycles. The fourth-order valence-corrected chi connectivity index (χ4v) is 5.02. The van der Waals surface area contributed by atoms with Gasteiger partial charge < -0.3 is 10.1 Å². The molecule has 0 saturated carbocycles. The first-order valence-electron chi connectivity index (χ1n) is 11.1. The molecular weight excluding hydrogens is 450 g/mol. The number of carbonyl (C=O) groups excluding carboxylic acids is 1. The molecule has 0 spiro atoms. The molecule has 1 N–H and O–H groups in total. The number of nitro groups is 1. The SMILES string of the molecule is COc1ccc(CSc2ccccc2C(=O)C2CNCCN2Cc2ccc([N+](=O)[O-])cc2)cc1. The Balaban J connectivity index is 1.48. The molecule has 1 aliphatic rings.